The van der Waals surface area contributed by atoms with E-state index in [1.165, 1.54) is 13.2 Å². The first-order valence-electron chi connectivity index (χ1n) is 7.11. The number of carbonyl (C=O) groups excluding carboxylic acids is 1. The van der Waals surface area contributed by atoms with Gasteiger partial charge < -0.3 is 9.47 Å². The first-order valence-corrected chi connectivity index (χ1v) is 8.60. The number of rotatable bonds is 6. The van der Waals surface area contributed by atoms with Crippen molar-refractivity contribution < 1.29 is 27.1 Å². The number of halogens is 1. The summed E-state index contributed by atoms with van der Waals surface area (Å²) in [5, 5.41) is 0. The van der Waals surface area contributed by atoms with E-state index < -0.39 is 26.7 Å². The van der Waals surface area contributed by atoms with E-state index in [0.29, 0.717) is 19.8 Å². The number of esters is 1. The van der Waals surface area contributed by atoms with Crippen LogP contribution < -0.4 is 4.72 Å². The number of hydrogen-bond donors (Lipinski definition) is 1. The number of sulfonamides is 1. The van der Waals surface area contributed by atoms with Gasteiger partial charge in [0.2, 0.25) is 10.0 Å². The van der Waals surface area contributed by atoms with Gasteiger partial charge in [-0.1, -0.05) is 0 Å². The zero-order valence-electron chi connectivity index (χ0n) is 12.7. The quantitative estimate of drug-likeness (QED) is 0.742. The van der Waals surface area contributed by atoms with Crippen molar-refractivity contribution in [2.45, 2.75) is 4.90 Å². The number of morpholine rings is 1. The molecule has 0 bridgehead atoms. The summed E-state index contributed by atoms with van der Waals surface area (Å²) < 4.78 is 50.3. The van der Waals surface area contributed by atoms with Gasteiger partial charge in [0, 0.05) is 26.2 Å². The molecule has 128 valence electrons. The molecule has 1 fully saturated rings. The van der Waals surface area contributed by atoms with Crippen molar-refractivity contribution in [1.29, 1.82) is 0 Å². The first-order chi connectivity index (χ1) is 10.9. The number of carbonyl (C=O) groups is 1. The molecule has 23 heavy (non-hydrogen) atoms. The third kappa shape index (κ3) is 4.71. The van der Waals surface area contributed by atoms with Gasteiger partial charge in [0.05, 0.1) is 25.9 Å². The lowest BCUT2D eigenvalue weighted by molar-refractivity contribution is 0.0390. The predicted octanol–water partition coefficient (Wildman–Crippen LogP) is 0.223. The van der Waals surface area contributed by atoms with Crippen LogP contribution in [-0.2, 0) is 19.5 Å². The van der Waals surface area contributed by atoms with Gasteiger partial charge in [-0.2, -0.15) is 0 Å². The van der Waals surface area contributed by atoms with Crippen LogP contribution in [0.15, 0.2) is 23.1 Å². The smallest absolute Gasteiger partial charge is 0.337 e. The molecule has 0 amide bonds. The van der Waals surface area contributed by atoms with Crippen LogP contribution in [0.4, 0.5) is 4.39 Å². The summed E-state index contributed by atoms with van der Waals surface area (Å²) in [5.41, 5.74) is -0.0255. The van der Waals surface area contributed by atoms with Crippen LogP contribution in [0.5, 0.6) is 0 Å². The number of nitrogens with zero attached hydrogens (tertiary/aromatic N) is 1. The highest BCUT2D eigenvalue weighted by atomic mass is 32.2. The highest BCUT2D eigenvalue weighted by Crippen LogP contribution is 2.17. The summed E-state index contributed by atoms with van der Waals surface area (Å²) in [7, 11) is -2.88. The first kappa shape index (κ1) is 17.8. The Bertz CT molecular complexity index is 659. The molecule has 0 radical (unpaired) electrons. The summed E-state index contributed by atoms with van der Waals surface area (Å²) in [6.07, 6.45) is 0. The van der Waals surface area contributed by atoms with E-state index in [-0.39, 0.29) is 12.1 Å². The Labute approximate surface area is 134 Å². The Hall–Kier alpha value is -1.55. The van der Waals surface area contributed by atoms with Crippen molar-refractivity contribution in [3.63, 3.8) is 0 Å². The minimum Gasteiger partial charge on any atom is -0.465 e. The van der Waals surface area contributed by atoms with Crippen LogP contribution in [-0.4, -0.2) is 65.8 Å². The zero-order valence-corrected chi connectivity index (χ0v) is 13.6. The van der Waals surface area contributed by atoms with Gasteiger partial charge in [-0.3, -0.25) is 4.90 Å². The van der Waals surface area contributed by atoms with E-state index in [9.17, 15) is 17.6 Å². The van der Waals surface area contributed by atoms with Crippen LogP contribution in [0.2, 0.25) is 0 Å². The SMILES string of the molecule is COC(=O)c1ccc(F)c(S(=O)(=O)NCCN2CCOCC2)c1. The van der Waals surface area contributed by atoms with Gasteiger partial charge in [0.1, 0.15) is 10.7 Å². The van der Waals surface area contributed by atoms with Crippen molar-refractivity contribution >= 4 is 16.0 Å². The number of ether oxygens (including phenoxy) is 2. The maximum absolute atomic E-state index is 13.8. The molecule has 0 aliphatic carbocycles. The molecule has 9 heteroatoms. The van der Waals surface area contributed by atoms with Crippen LogP contribution in [0.1, 0.15) is 10.4 Å². The second-order valence-corrected chi connectivity index (χ2v) is 6.72. The van der Waals surface area contributed by atoms with Crippen molar-refractivity contribution in [3.8, 4) is 0 Å². The molecular formula is C14H19FN2O5S. The monoisotopic (exact) mass is 346 g/mol. The van der Waals surface area contributed by atoms with Crippen LogP contribution in [0.25, 0.3) is 0 Å². The molecule has 0 aromatic heterocycles. The Morgan fingerprint density at radius 2 is 2.09 bits per heavy atom. The standard InChI is InChI=1S/C14H19FN2O5S/c1-21-14(18)11-2-3-12(15)13(10-11)23(19,20)16-4-5-17-6-8-22-9-7-17/h2-3,10,16H,4-9H2,1H3. The van der Waals surface area contributed by atoms with Crippen LogP contribution in [0, 0.1) is 5.82 Å². The Morgan fingerprint density at radius 1 is 1.39 bits per heavy atom. The maximum atomic E-state index is 13.8. The second kappa shape index (κ2) is 7.82. The van der Waals surface area contributed by atoms with Crippen molar-refractivity contribution in [2.75, 3.05) is 46.5 Å². The van der Waals surface area contributed by atoms with Gasteiger partial charge in [0.15, 0.2) is 0 Å². The molecule has 0 atom stereocenters. The topological polar surface area (TPSA) is 84.9 Å². The lowest BCUT2D eigenvalue weighted by Gasteiger charge is -2.26. The van der Waals surface area contributed by atoms with E-state index in [1.807, 2.05) is 4.90 Å². The molecular weight excluding hydrogens is 327 g/mol. The van der Waals surface area contributed by atoms with E-state index in [1.54, 1.807) is 0 Å². The number of methoxy groups -OCH3 is 1. The molecule has 1 heterocycles. The predicted molar refractivity (Wildman–Crippen MR) is 80.2 cm³/mol. The fraction of sp³-hybridized carbons (Fsp3) is 0.500. The Balaban J connectivity index is 2.04. The van der Waals surface area contributed by atoms with E-state index >= 15 is 0 Å². The molecule has 7 nitrogen and oxygen atoms in total. The normalized spacial score (nSPS) is 16.3. The van der Waals surface area contributed by atoms with Crippen molar-refractivity contribution in [1.82, 2.24) is 9.62 Å². The lowest BCUT2D eigenvalue weighted by Crippen LogP contribution is -2.41. The lowest BCUT2D eigenvalue weighted by atomic mass is 10.2. The molecule has 2 rings (SSSR count). The highest BCUT2D eigenvalue weighted by molar-refractivity contribution is 7.89. The molecule has 0 saturated carbocycles. The summed E-state index contributed by atoms with van der Waals surface area (Å²) in [5.74, 6) is -1.65. The third-order valence-electron chi connectivity index (χ3n) is 3.47. The Morgan fingerprint density at radius 3 is 2.74 bits per heavy atom. The van der Waals surface area contributed by atoms with Crippen molar-refractivity contribution in [3.05, 3.63) is 29.6 Å². The fourth-order valence-corrected chi connectivity index (χ4v) is 3.32. The summed E-state index contributed by atoms with van der Waals surface area (Å²) in [6, 6.07) is 3.08. The molecule has 1 aliphatic heterocycles. The van der Waals surface area contributed by atoms with E-state index in [4.69, 9.17) is 4.74 Å². The maximum Gasteiger partial charge on any atom is 0.337 e. The Kier molecular flexibility index (Phi) is 6.05. The summed E-state index contributed by atoms with van der Waals surface area (Å²) >= 11 is 0. The molecule has 1 saturated heterocycles. The minimum absolute atomic E-state index is 0.0255. The summed E-state index contributed by atoms with van der Waals surface area (Å²) in [4.78, 5) is 12.9. The molecule has 1 aliphatic rings. The van der Waals surface area contributed by atoms with E-state index in [2.05, 4.69) is 9.46 Å². The molecule has 0 spiro atoms. The fourth-order valence-electron chi connectivity index (χ4n) is 2.19. The average Bonchev–Trinajstić information content (AvgIpc) is 2.55. The van der Waals surface area contributed by atoms with Gasteiger partial charge in [0.25, 0.3) is 0 Å². The molecule has 1 aromatic carbocycles. The largest absolute Gasteiger partial charge is 0.465 e. The van der Waals surface area contributed by atoms with Crippen LogP contribution in [0.3, 0.4) is 0 Å². The number of hydrogen-bond acceptors (Lipinski definition) is 6. The average molecular weight is 346 g/mol. The minimum atomic E-state index is -4.05. The molecule has 0 unspecified atom stereocenters. The van der Waals surface area contributed by atoms with E-state index in [0.717, 1.165) is 25.2 Å². The van der Waals surface area contributed by atoms with Crippen LogP contribution >= 0.6 is 0 Å². The zero-order chi connectivity index (χ0) is 16.9. The van der Waals surface area contributed by atoms with Gasteiger partial charge in [-0.05, 0) is 18.2 Å². The molecule has 1 aromatic rings. The number of benzene rings is 1. The van der Waals surface area contributed by atoms with Gasteiger partial charge in [-0.15, -0.1) is 0 Å². The molecule has 1 N–H and O–H groups in total. The second-order valence-electron chi connectivity index (χ2n) is 4.99. The van der Waals surface area contributed by atoms with Gasteiger partial charge >= 0.3 is 5.97 Å². The van der Waals surface area contributed by atoms with Crippen molar-refractivity contribution in [2.24, 2.45) is 0 Å². The summed E-state index contributed by atoms with van der Waals surface area (Å²) in [6.45, 7) is 3.33. The van der Waals surface area contributed by atoms with Gasteiger partial charge in [-0.25, -0.2) is 22.3 Å². The third-order valence-corrected chi connectivity index (χ3v) is 4.94. The highest BCUT2D eigenvalue weighted by Gasteiger charge is 2.21. The number of nitrogens with one attached hydrogen (secondary N) is 1.